The van der Waals surface area contributed by atoms with E-state index in [9.17, 15) is 24.3 Å². The first-order chi connectivity index (χ1) is 22.7. The lowest BCUT2D eigenvalue weighted by molar-refractivity contribution is -0.155. The Morgan fingerprint density at radius 1 is 1.17 bits per heavy atom. The quantitative estimate of drug-likeness (QED) is 0.193. The van der Waals surface area contributed by atoms with E-state index in [0.29, 0.717) is 32.1 Å². The number of fused-ring (bicyclic) bond motifs is 1. The molecule has 0 radical (unpaired) electrons. The zero-order valence-electron chi connectivity index (χ0n) is 29.6. The van der Waals surface area contributed by atoms with Gasteiger partial charge in [0.05, 0.1) is 36.6 Å². The molecule has 3 aliphatic heterocycles. The molecule has 3 fully saturated rings. The lowest BCUT2D eigenvalue weighted by Gasteiger charge is -2.46. The molecule has 2 bridgehead atoms. The fourth-order valence-corrected chi connectivity index (χ4v) is 8.43. The molecule has 264 valence electrons. The zero-order valence-corrected chi connectivity index (χ0v) is 29.6. The number of hydrogen-bond acceptors (Lipinski definition) is 7. The fourth-order valence-electron chi connectivity index (χ4n) is 8.43. The van der Waals surface area contributed by atoms with E-state index in [2.05, 4.69) is 39.2 Å². The molecule has 7 atom stereocenters. The first-order valence-electron chi connectivity index (χ1n) is 17.3. The van der Waals surface area contributed by atoms with Crippen molar-refractivity contribution < 1.29 is 33.8 Å². The first kappa shape index (κ1) is 37.3. The maximum Gasteiger partial charge on any atom is 0.306 e. The predicted octanol–water partition coefficient (Wildman–Crippen LogP) is 4.73. The van der Waals surface area contributed by atoms with Crippen molar-refractivity contribution in [3.05, 3.63) is 61.2 Å². The van der Waals surface area contributed by atoms with Gasteiger partial charge in [-0.2, -0.15) is 0 Å². The molecule has 10 nitrogen and oxygen atoms in total. The summed E-state index contributed by atoms with van der Waals surface area (Å²) in [6.07, 6.45) is 5.51. The van der Waals surface area contributed by atoms with Crippen LogP contribution in [0.5, 0.6) is 0 Å². The Labute approximate surface area is 285 Å². The zero-order chi connectivity index (χ0) is 35.4. The third kappa shape index (κ3) is 7.39. The van der Waals surface area contributed by atoms with Crippen molar-refractivity contribution in [3.8, 4) is 0 Å². The Hall–Kier alpha value is -3.50. The summed E-state index contributed by atoms with van der Waals surface area (Å²) in [6.45, 7) is 19.7. The Kier molecular flexibility index (Phi) is 11.6. The summed E-state index contributed by atoms with van der Waals surface area (Å²) in [6, 6.07) is 6.94. The summed E-state index contributed by atoms with van der Waals surface area (Å²) >= 11 is 0. The summed E-state index contributed by atoms with van der Waals surface area (Å²) in [5, 5.41) is 13.5. The summed E-state index contributed by atoms with van der Waals surface area (Å²) in [7, 11) is 0. The fraction of sp³-hybridized carbons (Fsp3) is 0.632. The number of benzene rings is 1. The molecule has 0 aromatic heterocycles. The summed E-state index contributed by atoms with van der Waals surface area (Å²) in [4.78, 5) is 59.5. The van der Waals surface area contributed by atoms with Crippen LogP contribution in [0.3, 0.4) is 0 Å². The number of hydrogen-bond donors (Lipinski definition) is 2. The Morgan fingerprint density at radius 2 is 1.85 bits per heavy atom. The lowest BCUT2D eigenvalue weighted by atomic mass is 9.70. The smallest absolute Gasteiger partial charge is 0.306 e. The van der Waals surface area contributed by atoms with Crippen molar-refractivity contribution in [1.29, 1.82) is 0 Å². The molecule has 10 heteroatoms. The number of aliphatic hydroxyl groups is 1. The number of carbonyl (C=O) groups is 4. The van der Waals surface area contributed by atoms with Crippen LogP contribution in [0.4, 0.5) is 0 Å². The van der Waals surface area contributed by atoms with E-state index in [1.807, 2.05) is 51.1 Å². The molecule has 0 aliphatic carbocycles. The predicted molar refractivity (Wildman–Crippen MR) is 183 cm³/mol. The van der Waals surface area contributed by atoms with Crippen molar-refractivity contribution in [2.75, 3.05) is 19.8 Å². The van der Waals surface area contributed by atoms with Crippen LogP contribution in [0.25, 0.3) is 0 Å². The minimum absolute atomic E-state index is 0.0806. The van der Waals surface area contributed by atoms with Gasteiger partial charge in [-0.3, -0.25) is 19.2 Å². The number of esters is 1. The normalized spacial score (nSPS) is 26.1. The molecule has 2 N–H and O–H groups in total. The monoisotopic (exact) mass is 665 g/mol. The van der Waals surface area contributed by atoms with Gasteiger partial charge in [0, 0.05) is 18.5 Å². The Bertz CT molecular complexity index is 1350. The molecule has 0 unspecified atom stereocenters. The van der Waals surface area contributed by atoms with Crippen LogP contribution in [0, 0.1) is 17.3 Å². The molecule has 1 spiro atoms. The van der Waals surface area contributed by atoms with Gasteiger partial charge in [-0.05, 0) is 56.9 Å². The molecule has 3 amide bonds. The molecule has 4 rings (SSSR count). The number of likely N-dealkylation sites (tertiary alicyclic amines) is 1. The van der Waals surface area contributed by atoms with Crippen LogP contribution >= 0.6 is 0 Å². The second-order valence-electron chi connectivity index (χ2n) is 15.3. The second kappa shape index (κ2) is 14.9. The van der Waals surface area contributed by atoms with E-state index in [4.69, 9.17) is 9.47 Å². The van der Waals surface area contributed by atoms with Crippen LogP contribution in [0.2, 0.25) is 0 Å². The molecule has 3 saturated heterocycles. The van der Waals surface area contributed by atoms with Gasteiger partial charge in [0.25, 0.3) is 0 Å². The molecule has 3 heterocycles. The van der Waals surface area contributed by atoms with Gasteiger partial charge in [0.15, 0.2) is 0 Å². The number of nitrogens with one attached hydrogen (secondary N) is 1. The highest BCUT2D eigenvalue weighted by Gasteiger charge is 2.75. The topological polar surface area (TPSA) is 125 Å². The molecule has 0 saturated carbocycles. The van der Waals surface area contributed by atoms with Gasteiger partial charge in [0.1, 0.15) is 18.2 Å². The number of ether oxygens (including phenoxy) is 2. The molecule has 1 aromatic rings. The molecular formula is C38H55N3O7. The summed E-state index contributed by atoms with van der Waals surface area (Å²) in [5.41, 5.74) is -1.15. The van der Waals surface area contributed by atoms with Crippen LogP contribution < -0.4 is 5.32 Å². The van der Waals surface area contributed by atoms with E-state index in [1.165, 1.54) is 4.90 Å². The Morgan fingerprint density at radius 3 is 2.44 bits per heavy atom. The average Bonchev–Trinajstić information content (AvgIpc) is 3.68. The lowest BCUT2D eigenvalue weighted by Crippen LogP contribution is -2.62. The Balaban J connectivity index is 1.70. The number of nitrogens with zero attached hydrogens (tertiary/aromatic N) is 2. The van der Waals surface area contributed by atoms with Crippen LogP contribution in [-0.4, -0.2) is 87.7 Å². The highest BCUT2D eigenvalue weighted by Crippen LogP contribution is 2.59. The van der Waals surface area contributed by atoms with Crippen molar-refractivity contribution in [2.24, 2.45) is 17.3 Å². The summed E-state index contributed by atoms with van der Waals surface area (Å²) in [5.74, 6) is -3.17. The minimum Gasteiger partial charge on any atom is -0.463 e. The van der Waals surface area contributed by atoms with E-state index < -0.39 is 59.1 Å². The van der Waals surface area contributed by atoms with E-state index in [1.54, 1.807) is 17.1 Å². The minimum atomic E-state index is -1.22. The first-order valence-corrected chi connectivity index (χ1v) is 17.3. The number of allylic oxidation sites excluding steroid dienone is 1. The van der Waals surface area contributed by atoms with Gasteiger partial charge in [-0.1, -0.05) is 70.2 Å². The van der Waals surface area contributed by atoms with Crippen molar-refractivity contribution in [2.45, 2.75) is 115 Å². The third-order valence-electron chi connectivity index (χ3n) is 10.1. The second-order valence-corrected chi connectivity index (χ2v) is 15.3. The number of rotatable bonds is 16. The molecule has 1 aromatic carbocycles. The molecular weight excluding hydrogens is 610 g/mol. The molecule has 3 aliphatic rings. The largest absolute Gasteiger partial charge is 0.463 e. The van der Waals surface area contributed by atoms with Crippen LogP contribution in [-0.2, 0) is 28.7 Å². The van der Waals surface area contributed by atoms with E-state index in [0.717, 1.165) is 5.56 Å². The summed E-state index contributed by atoms with van der Waals surface area (Å²) < 4.78 is 12.2. The standard InChI is InChI=1S/C38H55N3O7/c1-9-12-18-29(43)47-23-27(25-16-14-13-15-17-25)39-33(44)30-28-19-20-38(48-28)31(30)34(45)41(26(11-3)22-42)32(38)35(46)40(21-10-2)37(7,8)24-36(4,5)6/h9-10,13-17,26-28,30-32,42H,1-2,11-12,18-24H2,3-8H3,(H,39,44)/t26-,27-,28+,30-,31-,32+,38-/m0/s1. The SMILES string of the molecule is C=CCCC(=O)OC[C@H](NC(=O)[C@@H]1[C@H]2C(=O)N([C@@H](CC)CO)[C@H](C(=O)N(CC=C)C(C)(C)CC(C)(C)C)[C@]23CC[C@H]1O3)c1ccccc1. The van der Waals surface area contributed by atoms with Gasteiger partial charge in [-0.15, -0.1) is 13.2 Å². The van der Waals surface area contributed by atoms with Gasteiger partial charge in [0.2, 0.25) is 17.7 Å². The number of carbonyl (C=O) groups excluding carboxylic acids is 4. The maximum absolute atomic E-state index is 14.9. The third-order valence-corrected chi connectivity index (χ3v) is 10.1. The molecule has 48 heavy (non-hydrogen) atoms. The van der Waals surface area contributed by atoms with E-state index >= 15 is 0 Å². The van der Waals surface area contributed by atoms with Crippen LogP contribution in [0.15, 0.2) is 55.6 Å². The maximum atomic E-state index is 14.9. The van der Waals surface area contributed by atoms with Crippen molar-refractivity contribution in [3.63, 3.8) is 0 Å². The van der Waals surface area contributed by atoms with E-state index in [-0.39, 0.29) is 43.4 Å². The highest BCUT2D eigenvalue weighted by molar-refractivity contribution is 5.99. The van der Waals surface area contributed by atoms with Gasteiger partial charge in [-0.25, -0.2) is 0 Å². The van der Waals surface area contributed by atoms with Crippen molar-refractivity contribution >= 4 is 23.7 Å². The van der Waals surface area contributed by atoms with Crippen LogP contribution in [0.1, 0.15) is 91.7 Å². The highest BCUT2D eigenvalue weighted by atomic mass is 16.5. The van der Waals surface area contributed by atoms with Gasteiger partial charge < -0.3 is 29.7 Å². The van der Waals surface area contributed by atoms with Gasteiger partial charge >= 0.3 is 5.97 Å². The number of amides is 3. The number of aliphatic hydroxyl groups excluding tert-OH is 1. The van der Waals surface area contributed by atoms with Crippen molar-refractivity contribution in [1.82, 2.24) is 15.1 Å². The average molecular weight is 666 g/mol.